The van der Waals surface area contributed by atoms with E-state index in [1.807, 2.05) is 0 Å². The molecule has 1 fully saturated rings. The van der Waals surface area contributed by atoms with Gasteiger partial charge in [0, 0.05) is 0 Å². The average Bonchev–Trinajstić information content (AvgIpc) is 2.28. The molecule has 0 heterocycles. The molecule has 0 aromatic carbocycles. The molecule has 0 aromatic rings. The second kappa shape index (κ2) is 10.3. The van der Waals surface area contributed by atoms with Crippen molar-refractivity contribution in [3.05, 3.63) is 30.2 Å². The Morgan fingerprint density at radius 1 is 0.944 bits per heavy atom. The zero-order chi connectivity index (χ0) is 12.0. The van der Waals surface area contributed by atoms with Crippen LogP contribution in [-0.2, 0) is 0 Å². The summed E-state index contributed by atoms with van der Waals surface area (Å²) in [5.41, 5.74) is 1.35. The van der Waals surface area contributed by atoms with E-state index in [-0.39, 0.29) is 11.0 Å². The van der Waals surface area contributed by atoms with E-state index in [1.165, 1.54) is 31.3 Å². The van der Waals surface area contributed by atoms with Gasteiger partial charge in [-0.1, -0.05) is 70.3 Å². The minimum absolute atomic E-state index is 0. The van der Waals surface area contributed by atoms with Gasteiger partial charge in [0.05, 0.1) is 0 Å². The summed E-state index contributed by atoms with van der Waals surface area (Å²) in [6.07, 6.45) is 14.6. The predicted octanol–water partition coefficient (Wildman–Crippen LogP) is 4.17. The van der Waals surface area contributed by atoms with Gasteiger partial charge in [0.25, 0.3) is 0 Å². The molecule has 2 nitrogen and oxygen atoms in total. The van der Waals surface area contributed by atoms with Gasteiger partial charge in [0.15, 0.2) is 0 Å². The molecule has 1 atom stereocenters. The normalized spacial score (nSPS) is 30.0. The molecular weight excluding hydrogens is 224 g/mol. The first kappa shape index (κ1) is 19.7. The third-order valence-electron chi connectivity index (χ3n) is 3.63. The van der Waals surface area contributed by atoms with Crippen LogP contribution < -0.4 is 0 Å². The Kier molecular flexibility index (Phi) is 11.3. The van der Waals surface area contributed by atoms with Gasteiger partial charge in [0.1, 0.15) is 0 Å². The van der Waals surface area contributed by atoms with Crippen LogP contribution in [0, 0.1) is 24.2 Å². The molecule has 18 heavy (non-hydrogen) atoms. The topological polar surface area (TPSA) is 61.5 Å². The minimum atomic E-state index is 0. The van der Waals surface area contributed by atoms with Crippen LogP contribution in [-0.4, -0.2) is 11.0 Å². The molecule has 0 aliphatic heterocycles. The predicted molar refractivity (Wildman–Crippen MR) is 78.7 cm³/mol. The standard InChI is InChI=1S/C8H16.C8H11.H2O.HO/c2*1-7-3-5-8(2)6-4-7;;/h7-8H,3-6H2,1-2H3;3-7H,1-2H3;1H2;1H. The van der Waals surface area contributed by atoms with Crippen molar-refractivity contribution in [2.75, 3.05) is 0 Å². The van der Waals surface area contributed by atoms with E-state index >= 15 is 0 Å². The summed E-state index contributed by atoms with van der Waals surface area (Å²) >= 11 is 0. The molecule has 1 unspecified atom stereocenters. The summed E-state index contributed by atoms with van der Waals surface area (Å²) in [5, 5.41) is 0. The lowest BCUT2D eigenvalue weighted by atomic mass is 9.84. The summed E-state index contributed by atoms with van der Waals surface area (Å²) in [4.78, 5) is 0. The lowest BCUT2D eigenvalue weighted by Gasteiger charge is -2.22. The Morgan fingerprint density at radius 2 is 1.39 bits per heavy atom. The molecule has 106 valence electrons. The second-order valence-corrected chi connectivity index (χ2v) is 5.69. The van der Waals surface area contributed by atoms with Crippen LogP contribution in [0.1, 0.15) is 53.4 Å². The molecule has 0 bridgehead atoms. The third-order valence-corrected chi connectivity index (χ3v) is 3.63. The summed E-state index contributed by atoms with van der Waals surface area (Å²) in [5.74, 6) is 2.68. The van der Waals surface area contributed by atoms with E-state index in [0.717, 1.165) is 11.8 Å². The molecular formula is C16H30O2. The molecule has 2 radical (unpaired) electrons. The first-order chi connectivity index (χ1) is 7.58. The van der Waals surface area contributed by atoms with Gasteiger partial charge in [-0.05, 0) is 31.1 Å². The summed E-state index contributed by atoms with van der Waals surface area (Å²) < 4.78 is 0. The molecule has 0 spiro atoms. The maximum atomic E-state index is 2.37. The Bertz CT molecular complexity index is 238. The SMILES string of the molecule is CC1=C[CH]C(C)C=C1.CC1CCC(C)CC1.O.[OH]. The fraction of sp³-hybridized carbons (Fsp3) is 0.688. The van der Waals surface area contributed by atoms with Gasteiger partial charge in [0.2, 0.25) is 0 Å². The van der Waals surface area contributed by atoms with Crippen molar-refractivity contribution < 1.29 is 11.0 Å². The highest BCUT2D eigenvalue weighted by Crippen LogP contribution is 2.27. The van der Waals surface area contributed by atoms with E-state index < -0.39 is 0 Å². The lowest BCUT2D eigenvalue weighted by molar-refractivity contribution is 0.308. The van der Waals surface area contributed by atoms with Crippen molar-refractivity contribution in [1.82, 2.24) is 0 Å². The van der Waals surface area contributed by atoms with Gasteiger partial charge in [-0.25, -0.2) is 0 Å². The highest BCUT2D eigenvalue weighted by molar-refractivity contribution is 5.26. The van der Waals surface area contributed by atoms with Crippen LogP contribution >= 0.6 is 0 Å². The quantitative estimate of drug-likeness (QED) is 0.674. The van der Waals surface area contributed by atoms with Gasteiger partial charge in [-0.3, -0.25) is 5.48 Å². The molecule has 1 saturated carbocycles. The van der Waals surface area contributed by atoms with Gasteiger partial charge in [-0.2, -0.15) is 0 Å². The Hall–Kier alpha value is -0.600. The van der Waals surface area contributed by atoms with E-state index in [2.05, 4.69) is 52.3 Å². The Balaban J connectivity index is 0. The number of allylic oxidation sites excluding steroid dienone is 4. The van der Waals surface area contributed by atoms with Crippen molar-refractivity contribution in [2.45, 2.75) is 53.4 Å². The van der Waals surface area contributed by atoms with E-state index in [1.54, 1.807) is 0 Å². The fourth-order valence-electron chi connectivity index (χ4n) is 2.15. The van der Waals surface area contributed by atoms with Crippen LogP contribution in [0.2, 0.25) is 0 Å². The van der Waals surface area contributed by atoms with Crippen LogP contribution in [0.3, 0.4) is 0 Å². The van der Waals surface area contributed by atoms with Crippen molar-refractivity contribution >= 4 is 0 Å². The summed E-state index contributed by atoms with van der Waals surface area (Å²) in [6.45, 7) is 9.02. The van der Waals surface area contributed by atoms with Gasteiger partial charge < -0.3 is 5.48 Å². The summed E-state index contributed by atoms with van der Waals surface area (Å²) in [6, 6.07) is 0. The Morgan fingerprint density at radius 3 is 1.67 bits per heavy atom. The molecule has 3 N–H and O–H groups in total. The average molecular weight is 254 g/mol. The smallest absolute Gasteiger partial charge is 0.00986 e. The first-order valence-electron chi connectivity index (χ1n) is 6.78. The third kappa shape index (κ3) is 8.48. The number of rotatable bonds is 0. The molecule has 2 rings (SSSR count). The molecule has 2 heteroatoms. The molecule has 0 aromatic heterocycles. The molecule has 0 amide bonds. The molecule has 0 saturated heterocycles. The van der Waals surface area contributed by atoms with Gasteiger partial charge in [-0.15, -0.1) is 0 Å². The monoisotopic (exact) mass is 254 g/mol. The zero-order valence-corrected chi connectivity index (χ0v) is 12.3. The molecule has 2 aliphatic carbocycles. The van der Waals surface area contributed by atoms with E-state index in [9.17, 15) is 0 Å². The van der Waals surface area contributed by atoms with Crippen molar-refractivity contribution in [3.8, 4) is 0 Å². The Labute approximate surface area is 113 Å². The summed E-state index contributed by atoms with van der Waals surface area (Å²) in [7, 11) is 0. The molecule has 2 aliphatic rings. The van der Waals surface area contributed by atoms with E-state index in [0.29, 0.717) is 5.92 Å². The number of hydrogen-bond acceptors (Lipinski definition) is 0. The maximum Gasteiger partial charge on any atom is -0.00986 e. The largest absolute Gasteiger partial charge is 0.412 e. The highest BCUT2D eigenvalue weighted by atomic mass is 16.0. The second-order valence-electron chi connectivity index (χ2n) is 5.69. The van der Waals surface area contributed by atoms with Crippen LogP contribution in [0.15, 0.2) is 23.8 Å². The van der Waals surface area contributed by atoms with E-state index in [4.69, 9.17) is 0 Å². The van der Waals surface area contributed by atoms with Crippen molar-refractivity contribution in [3.63, 3.8) is 0 Å². The highest BCUT2D eigenvalue weighted by Gasteiger charge is 2.13. The van der Waals surface area contributed by atoms with Gasteiger partial charge >= 0.3 is 0 Å². The maximum absolute atomic E-state index is 2.37. The zero-order valence-electron chi connectivity index (χ0n) is 12.3. The first-order valence-corrected chi connectivity index (χ1v) is 6.78. The number of hydrogen-bond donors (Lipinski definition) is 1. The van der Waals surface area contributed by atoms with Crippen molar-refractivity contribution in [1.29, 1.82) is 0 Å². The van der Waals surface area contributed by atoms with Crippen LogP contribution in [0.5, 0.6) is 0 Å². The van der Waals surface area contributed by atoms with Crippen LogP contribution in [0.4, 0.5) is 0 Å². The fourth-order valence-corrected chi connectivity index (χ4v) is 2.15. The van der Waals surface area contributed by atoms with Crippen molar-refractivity contribution in [2.24, 2.45) is 17.8 Å². The minimum Gasteiger partial charge on any atom is -0.412 e. The lowest BCUT2D eigenvalue weighted by Crippen LogP contribution is -2.08. The van der Waals surface area contributed by atoms with Crippen LogP contribution in [0.25, 0.3) is 0 Å².